The highest BCUT2D eigenvalue weighted by atomic mass is 79.9. The van der Waals surface area contributed by atoms with Crippen molar-refractivity contribution in [1.29, 1.82) is 0 Å². The molecule has 0 bridgehead atoms. The molecule has 6 nitrogen and oxygen atoms in total. The number of rotatable bonds is 5. The predicted molar refractivity (Wildman–Crippen MR) is 79.1 cm³/mol. The molecule has 0 spiro atoms. The maximum atomic E-state index is 12.0. The first-order chi connectivity index (χ1) is 9.51. The van der Waals surface area contributed by atoms with Gasteiger partial charge in [0.2, 0.25) is 5.91 Å². The molecule has 0 radical (unpaired) electrons. The summed E-state index contributed by atoms with van der Waals surface area (Å²) in [5, 5.41) is 11.4. The molecule has 20 heavy (non-hydrogen) atoms. The fourth-order valence-electron chi connectivity index (χ4n) is 2.05. The van der Waals surface area contributed by atoms with E-state index in [0.717, 1.165) is 28.1 Å². The van der Waals surface area contributed by atoms with E-state index in [0.29, 0.717) is 6.54 Å². The first-order valence-corrected chi connectivity index (χ1v) is 7.28. The van der Waals surface area contributed by atoms with Crippen LogP contribution >= 0.6 is 15.9 Å². The maximum absolute atomic E-state index is 12.0. The number of hydrogen-bond acceptors (Lipinski definition) is 3. The van der Waals surface area contributed by atoms with E-state index in [1.54, 1.807) is 10.9 Å². The number of carbonyl (C=O) groups is 1. The van der Waals surface area contributed by atoms with Gasteiger partial charge in [-0.1, -0.05) is 0 Å². The summed E-state index contributed by atoms with van der Waals surface area (Å²) in [4.78, 5) is 12.0. The van der Waals surface area contributed by atoms with Gasteiger partial charge >= 0.3 is 0 Å². The summed E-state index contributed by atoms with van der Waals surface area (Å²) in [6, 6.07) is 1.95. The zero-order chi connectivity index (χ0) is 14.7. The van der Waals surface area contributed by atoms with Crippen LogP contribution in [-0.4, -0.2) is 25.5 Å². The molecule has 0 atom stereocenters. The molecule has 1 N–H and O–H groups in total. The van der Waals surface area contributed by atoms with Gasteiger partial charge < -0.3 is 5.32 Å². The highest BCUT2D eigenvalue weighted by Gasteiger charge is 2.11. The fraction of sp³-hybridized carbons (Fsp3) is 0.462. The normalized spacial score (nSPS) is 10.8. The van der Waals surface area contributed by atoms with E-state index in [-0.39, 0.29) is 12.5 Å². The summed E-state index contributed by atoms with van der Waals surface area (Å²) in [7, 11) is 0. The molecule has 0 unspecified atom stereocenters. The molecule has 2 rings (SSSR count). The number of aromatic nitrogens is 4. The van der Waals surface area contributed by atoms with Gasteiger partial charge in [0.15, 0.2) is 0 Å². The third-order valence-corrected chi connectivity index (χ3v) is 3.71. The molecule has 2 heterocycles. The predicted octanol–water partition coefficient (Wildman–Crippen LogP) is 1.80. The van der Waals surface area contributed by atoms with Crippen molar-refractivity contribution in [3.63, 3.8) is 0 Å². The van der Waals surface area contributed by atoms with E-state index in [1.165, 1.54) is 0 Å². The summed E-state index contributed by atoms with van der Waals surface area (Å²) >= 11 is 3.44. The molecule has 2 aromatic rings. The maximum Gasteiger partial charge on any atom is 0.242 e. The van der Waals surface area contributed by atoms with Gasteiger partial charge in [-0.25, -0.2) is 0 Å². The molecule has 0 saturated carbocycles. The Morgan fingerprint density at radius 1 is 1.40 bits per heavy atom. The van der Waals surface area contributed by atoms with Crippen LogP contribution in [0.5, 0.6) is 0 Å². The van der Waals surface area contributed by atoms with Crippen LogP contribution in [0, 0.1) is 13.8 Å². The topological polar surface area (TPSA) is 64.7 Å². The van der Waals surface area contributed by atoms with Crippen molar-refractivity contribution in [3.05, 3.63) is 33.8 Å². The Bertz CT molecular complexity index is 616. The van der Waals surface area contributed by atoms with Crippen molar-refractivity contribution in [2.45, 2.75) is 40.4 Å². The lowest BCUT2D eigenvalue weighted by atomic mass is 10.4. The number of nitrogens with zero attached hydrogens (tertiary/aromatic N) is 4. The lowest BCUT2D eigenvalue weighted by Gasteiger charge is -2.09. The van der Waals surface area contributed by atoms with Gasteiger partial charge in [0.05, 0.1) is 28.6 Å². The Morgan fingerprint density at radius 2 is 2.15 bits per heavy atom. The minimum atomic E-state index is -0.0630. The standard InChI is InChI=1S/C13H18BrN5O/c1-4-18-12(11(14)6-16-18)7-15-13(20)8-19-10(3)5-9(2)17-19/h5-6H,4,7-8H2,1-3H3,(H,15,20). The van der Waals surface area contributed by atoms with Crippen molar-refractivity contribution in [3.8, 4) is 0 Å². The second-order valence-electron chi connectivity index (χ2n) is 4.62. The minimum Gasteiger partial charge on any atom is -0.349 e. The van der Waals surface area contributed by atoms with Gasteiger partial charge in [-0.15, -0.1) is 0 Å². The Balaban J connectivity index is 1.95. The van der Waals surface area contributed by atoms with Crippen molar-refractivity contribution in [2.75, 3.05) is 0 Å². The molecule has 108 valence electrons. The van der Waals surface area contributed by atoms with Crippen LogP contribution in [0.2, 0.25) is 0 Å². The van der Waals surface area contributed by atoms with E-state index < -0.39 is 0 Å². The van der Waals surface area contributed by atoms with Crippen LogP contribution in [0.3, 0.4) is 0 Å². The van der Waals surface area contributed by atoms with Crippen LogP contribution < -0.4 is 5.32 Å². The van der Waals surface area contributed by atoms with E-state index in [1.807, 2.05) is 31.5 Å². The van der Waals surface area contributed by atoms with Gasteiger partial charge in [-0.05, 0) is 42.8 Å². The third-order valence-electron chi connectivity index (χ3n) is 3.05. The second-order valence-corrected chi connectivity index (χ2v) is 5.47. The highest BCUT2D eigenvalue weighted by molar-refractivity contribution is 9.10. The summed E-state index contributed by atoms with van der Waals surface area (Å²) in [5.41, 5.74) is 2.87. The van der Waals surface area contributed by atoms with Crippen LogP contribution in [-0.2, 0) is 24.4 Å². The zero-order valence-electron chi connectivity index (χ0n) is 11.9. The lowest BCUT2D eigenvalue weighted by Crippen LogP contribution is -2.29. The summed E-state index contributed by atoms with van der Waals surface area (Å²) in [6.45, 7) is 7.33. The van der Waals surface area contributed by atoms with Crippen molar-refractivity contribution in [1.82, 2.24) is 24.9 Å². The molecule has 0 fully saturated rings. The number of hydrogen-bond donors (Lipinski definition) is 1. The Hall–Kier alpha value is -1.63. The molecule has 0 aromatic carbocycles. The van der Waals surface area contributed by atoms with Gasteiger partial charge in [0.25, 0.3) is 0 Å². The van der Waals surface area contributed by atoms with Crippen LogP contribution in [0.25, 0.3) is 0 Å². The van der Waals surface area contributed by atoms with Crippen molar-refractivity contribution in [2.24, 2.45) is 0 Å². The molecule has 1 amide bonds. The zero-order valence-corrected chi connectivity index (χ0v) is 13.4. The first-order valence-electron chi connectivity index (χ1n) is 6.49. The van der Waals surface area contributed by atoms with Crippen LogP contribution in [0.4, 0.5) is 0 Å². The fourth-order valence-corrected chi connectivity index (χ4v) is 2.48. The Morgan fingerprint density at radius 3 is 2.75 bits per heavy atom. The number of aryl methyl sites for hydroxylation is 3. The molecule has 0 aliphatic rings. The Kier molecular flexibility index (Phi) is 4.59. The highest BCUT2D eigenvalue weighted by Crippen LogP contribution is 2.15. The van der Waals surface area contributed by atoms with Gasteiger partial charge in [0, 0.05) is 12.2 Å². The van der Waals surface area contributed by atoms with Gasteiger partial charge in [-0.3, -0.25) is 14.2 Å². The molecular weight excluding hydrogens is 322 g/mol. The molecule has 7 heteroatoms. The molecular formula is C13H18BrN5O. The summed E-state index contributed by atoms with van der Waals surface area (Å²) in [6.07, 6.45) is 1.74. The number of nitrogens with one attached hydrogen (secondary N) is 1. The van der Waals surface area contributed by atoms with E-state index >= 15 is 0 Å². The SMILES string of the molecule is CCn1ncc(Br)c1CNC(=O)Cn1nc(C)cc1C. The van der Waals surface area contributed by atoms with E-state index in [4.69, 9.17) is 0 Å². The minimum absolute atomic E-state index is 0.0630. The van der Waals surface area contributed by atoms with Crippen molar-refractivity contribution < 1.29 is 4.79 Å². The molecule has 0 aliphatic carbocycles. The Labute approximate surface area is 126 Å². The molecule has 0 aliphatic heterocycles. The number of halogens is 1. The number of carbonyl (C=O) groups excluding carboxylic acids is 1. The van der Waals surface area contributed by atoms with Crippen LogP contribution in [0.1, 0.15) is 24.0 Å². The van der Waals surface area contributed by atoms with Gasteiger partial charge in [-0.2, -0.15) is 10.2 Å². The third kappa shape index (κ3) is 3.27. The second kappa shape index (κ2) is 6.21. The van der Waals surface area contributed by atoms with Gasteiger partial charge in [0.1, 0.15) is 6.54 Å². The van der Waals surface area contributed by atoms with Crippen molar-refractivity contribution >= 4 is 21.8 Å². The monoisotopic (exact) mass is 339 g/mol. The average Bonchev–Trinajstić information content (AvgIpc) is 2.90. The molecule has 0 saturated heterocycles. The quantitative estimate of drug-likeness (QED) is 0.903. The van der Waals surface area contributed by atoms with E-state index in [2.05, 4.69) is 31.4 Å². The average molecular weight is 340 g/mol. The lowest BCUT2D eigenvalue weighted by molar-refractivity contribution is -0.122. The molecule has 2 aromatic heterocycles. The summed E-state index contributed by atoms with van der Waals surface area (Å²) in [5.74, 6) is -0.0630. The largest absolute Gasteiger partial charge is 0.349 e. The first kappa shape index (κ1) is 14.8. The smallest absolute Gasteiger partial charge is 0.242 e. The summed E-state index contributed by atoms with van der Waals surface area (Å²) < 4.78 is 4.47. The van der Waals surface area contributed by atoms with Crippen LogP contribution in [0.15, 0.2) is 16.7 Å². The number of amides is 1. The van der Waals surface area contributed by atoms with E-state index in [9.17, 15) is 4.79 Å².